The zero-order valence-electron chi connectivity index (χ0n) is 12.7. The van der Waals surface area contributed by atoms with Crippen LogP contribution in [-0.4, -0.2) is 26.2 Å². The Bertz CT molecular complexity index is 278. The molecule has 0 saturated heterocycles. The number of nitrogens with zero attached hydrogens (tertiary/aromatic N) is 1. The van der Waals surface area contributed by atoms with Crippen molar-refractivity contribution in [2.75, 3.05) is 0 Å². The second-order valence-electron chi connectivity index (χ2n) is 5.67. The molecule has 0 aromatic carbocycles. The van der Waals surface area contributed by atoms with E-state index in [0.717, 1.165) is 11.5 Å². The average molecular weight is 253 g/mol. The van der Waals surface area contributed by atoms with Gasteiger partial charge in [-0.1, -0.05) is 39.3 Å². The van der Waals surface area contributed by atoms with Gasteiger partial charge in [0.25, 0.3) is 0 Å². The van der Waals surface area contributed by atoms with Crippen LogP contribution < -0.4 is 0 Å². The molecule has 0 atom stereocenters. The average Bonchev–Trinajstić information content (AvgIpc) is 2.13. The van der Waals surface area contributed by atoms with Crippen molar-refractivity contribution in [3.8, 4) is 0 Å². The Kier molecular flexibility index (Phi) is 7.83. The maximum Gasteiger partial charge on any atom is 0.539 e. The van der Waals surface area contributed by atoms with Crippen LogP contribution in [0.4, 0.5) is 0 Å². The van der Waals surface area contributed by atoms with E-state index in [9.17, 15) is 0 Å². The van der Waals surface area contributed by atoms with E-state index < -0.39 is 14.5 Å². The van der Waals surface area contributed by atoms with E-state index >= 15 is 0 Å². The summed E-state index contributed by atoms with van der Waals surface area (Å²) in [7, 11) is 0. The Morgan fingerprint density at radius 2 is 1.53 bits per heavy atom. The SMILES string of the molecule is CC(C)N=C(/C=C(\[O][Al]([CH3])[CH3])C(C)C)C(C)C. The normalized spacial score (nSPS) is 13.8. The standard InChI is InChI=1S/C12H23NO.2CH3.Al/c1-8(2)11(13-10(5)6)7-12(14)9(3)4;;;/h7-10,14H,1-6H3;2*1H3;/q;;;+1/p-1/b12-7-,13-11?;;;. The molecule has 0 saturated carbocycles. The predicted octanol–water partition coefficient (Wildman–Crippen LogP) is 4.30. The topological polar surface area (TPSA) is 21.6 Å². The molecule has 3 heteroatoms. The maximum atomic E-state index is 5.99. The van der Waals surface area contributed by atoms with Crippen molar-refractivity contribution in [2.45, 2.75) is 59.2 Å². The van der Waals surface area contributed by atoms with Gasteiger partial charge in [0.15, 0.2) is 0 Å². The van der Waals surface area contributed by atoms with Gasteiger partial charge in [0.05, 0.1) is 5.76 Å². The highest BCUT2D eigenvalue weighted by atomic mass is 27.2. The predicted molar refractivity (Wildman–Crippen MR) is 78.9 cm³/mol. The molecule has 0 bridgehead atoms. The third-order valence-electron chi connectivity index (χ3n) is 2.23. The summed E-state index contributed by atoms with van der Waals surface area (Å²) in [6.07, 6.45) is 2.16. The highest BCUT2D eigenvalue weighted by Crippen LogP contribution is 2.15. The molecule has 17 heavy (non-hydrogen) atoms. The summed E-state index contributed by atoms with van der Waals surface area (Å²) in [4.78, 5) is 4.68. The molecule has 0 aliphatic carbocycles. The van der Waals surface area contributed by atoms with Crippen LogP contribution in [0.2, 0.25) is 11.6 Å². The largest absolute Gasteiger partial charge is 0.646 e. The molecule has 0 aromatic rings. The third kappa shape index (κ3) is 7.63. The van der Waals surface area contributed by atoms with E-state index in [2.05, 4.69) is 64.2 Å². The smallest absolute Gasteiger partial charge is 0.539 e. The van der Waals surface area contributed by atoms with Crippen LogP contribution in [0.25, 0.3) is 0 Å². The molecule has 0 aromatic heterocycles. The molecule has 0 amide bonds. The molecule has 0 rings (SSSR count). The molecule has 0 aliphatic heterocycles. The second-order valence-corrected chi connectivity index (χ2v) is 8.00. The van der Waals surface area contributed by atoms with Gasteiger partial charge in [-0.05, 0) is 25.8 Å². The molecule has 0 N–H and O–H groups in total. The van der Waals surface area contributed by atoms with Crippen LogP contribution in [0.15, 0.2) is 16.8 Å². The van der Waals surface area contributed by atoms with E-state index in [4.69, 9.17) is 3.79 Å². The molecule has 0 unspecified atom stereocenters. The van der Waals surface area contributed by atoms with Crippen molar-refractivity contribution in [2.24, 2.45) is 16.8 Å². The second kappa shape index (κ2) is 7.95. The molecule has 0 radical (unpaired) electrons. The monoisotopic (exact) mass is 253 g/mol. The molecule has 0 heterocycles. The number of aliphatic imine (C=N–C) groups is 1. The Balaban J connectivity index is 5.09. The molecule has 0 spiro atoms. The van der Waals surface area contributed by atoms with Crippen molar-refractivity contribution < 1.29 is 3.79 Å². The summed E-state index contributed by atoms with van der Waals surface area (Å²) >= 11 is -1.03. The lowest BCUT2D eigenvalue weighted by atomic mass is 10.0. The van der Waals surface area contributed by atoms with Gasteiger partial charge in [0, 0.05) is 17.7 Å². The van der Waals surface area contributed by atoms with Crippen LogP contribution in [0.3, 0.4) is 0 Å². The zero-order valence-corrected chi connectivity index (χ0v) is 13.9. The van der Waals surface area contributed by atoms with Gasteiger partial charge < -0.3 is 3.79 Å². The van der Waals surface area contributed by atoms with Crippen LogP contribution in [0, 0.1) is 11.8 Å². The quantitative estimate of drug-likeness (QED) is 0.393. The highest BCUT2D eigenvalue weighted by molar-refractivity contribution is 6.48. The van der Waals surface area contributed by atoms with Gasteiger partial charge >= 0.3 is 14.5 Å². The first-order chi connectivity index (χ1) is 7.73. The lowest BCUT2D eigenvalue weighted by Crippen LogP contribution is -2.15. The first kappa shape index (κ1) is 16.7. The third-order valence-corrected chi connectivity index (χ3v) is 2.97. The first-order valence-corrected chi connectivity index (χ1v) is 9.48. The number of rotatable bonds is 6. The van der Waals surface area contributed by atoms with Crippen molar-refractivity contribution in [3.63, 3.8) is 0 Å². The number of hydrogen-bond acceptors (Lipinski definition) is 2. The van der Waals surface area contributed by atoms with E-state index in [-0.39, 0.29) is 0 Å². The summed E-state index contributed by atoms with van der Waals surface area (Å²) in [6.45, 7) is 12.9. The van der Waals surface area contributed by atoms with Crippen LogP contribution in [0.5, 0.6) is 0 Å². The molecular formula is C14H28AlNO. The summed E-state index contributed by atoms with van der Waals surface area (Å²) in [5.74, 6) is 6.37. The Labute approximate surface area is 112 Å². The molecule has 0 aliphatic rings. The number of hydrogen-bond donors (Lipinski definition) is 0. The minimum Gasteiger partial charge on any atom is -0.646 e. The Hall–Kier alpha value is -0.258. The summed E-state index contributed by atoms with van der Waals surface area (Å²) in [5.41, 5.74) is 1.15. The molecule has 0 fully saturated rings. The fraction of sp³-hybridized carbons (Fsp3) is 0.786. The van der Waals surface area contributed by atoms with Crippen LogP contribution in [-0.2, 0) is 3.79 Å². The van der Waals surface area contributed by atoms with E-state index in [1.807, 2.05) is 0 Å². The van der Waals surface area contributed by atoms with Crippen molar-refractivity contribution in [1.82, 2.24) is 0 Å². The van der Waals surface area contributed by atoms with E-state index in [1.54, 1.807) is 0 Å². The fourth-order valence-corrected chi connectivity index (χ4v) is 2.29. The highest BCUT2D eigenvalue weighted by Gasteiger charge is 2.14. The van der Waals surface area contributed by atoms with Gasteiger partial charge in [0.2, 0.25) is 0 Å². The Morgan fingerprint density at radius 1 is 1.00 bits per heavy atom. The van der Waals surface area contributed by atoms with Gasteiger partial charge in [-0.25, -0.2) is 0 Å². The molecule has 98 valence electrons. The van der Waals surface area contributed by atoms with Crippen LogP contribution >= 0.6 is 0 Å². The summed E-state index contributed by atoms with van der Waals surface area (Å²) in [6, 6.07) is 0.341. The first-order valence-electron chi connectivity index (χ1n) is 6.70. The summed E-state index contributed by atoms with van der Waals surface area (Å²) in [5, 5.41) is 0. The zero-order chi connectivity index (χ0) is 13.6. The Morgan fingerprint density at radius 3 is 1.82 bits per heavy atom. The minimum atomic E-state index is -1.03. The molecule has 2 nitrogen and oxygen atoms in total. The van der Waals surface area contributed by atoms with Gasteiger partial charge in [-0.3, -0.25) is 4.99 Å². The van der Waals surface area contributed by atoms with E-state index in [0.29, 0.717) is 17.9 Å². The van der Waals surface area contributed by atoms with Crippen molar-refractivity contribution in [3.05, 3.63) is 11.8 Å². The van der Waals surface area contributed by atoms with Crippen molar-refractivity contribution >= 4 is 20.2 Å². The minimum absolute atomic E-state index is 0.341. The maximum absolute atomic E-state index is 5.99. The van der Waals surface area contributed by atoms with Gasteiger partial charge in [-0.2, -0.15) is 0 Å². The van der Waals surface area contributed by atoms with Crippen molar-refractivity contribution in [1.29, 1.82) is 0 Å². The number of allylic oxidation sites excluding steroid dienone is 2. The molecular weight excluding hydrogens is 225 g/mol. The van der Waals surface area contributed by atoms with E-state index in [1.165, 1.54) is 0 Å². The lowest BCUT2D eigenvalue weighted by Gasteiger charge is -2.19. The van der Waals surface area contributed by atoms with Gasteiger partial charge in [0.1, 0.15) is 0 Å². The van der Waals surface area contributed by atoms with Gasteiger partial charge in [-0.15, -0.1) is 0 Å². The fourth-order valence-electron chi connectivity index (χ4n) is 1.41. The lowest BCUT2D eigenvalue weighted by molar-refractivity contribution is 0.379. The van der Waals surface area contributed by atoms with Crippen LogP contribution in [0.1, 0.15) is 41.5 Å². The summed E-state index contributed by atoms with van der Waals surface area (Å²) < 4.78 is 5.99.